The Morgan fingerprint density at radius 2 is 1.82 bits per heavy atom. The third-order valence-corrected chi connectivity index (χ3v) is 11.1. The predicted octanol–water partition coefficient (Wildman–Crippen LogP) is 6.53. The molecule has 2 heterocycles. The molecule has 0 saturated heterocycles. The van der Waals surface area contributed by atoms with Gasteiger partial charge in [0.2, 0.25) is 0 Å². The summed E-state index contributed by atoms with van der Waals surface area (Å²) in [6.07, 6.45) is -3.31. The molecule has 3 amide bonds. The number of alkyl halides is 3. The van der Waals surface area contributed by atoms with Crippen molar-refractivity contribution in [2.24, 2.45) is 5.92 Å². The van der Waals surface area contributed by atoms with Crippen molar-refractivity contribution in [3.05, 3.63) is 71.1 Å². The van der Waals surface area contributed by atoms with Gasteiger partial charge in [-0.1, -0.05) is 13.0 Å². The smallest absolute Gasteiger partial charge is 0.416 e. The summed E-state index contributed by atoms with van der Waals surface area (Å²) in [6.45, 7) is 5.60. The van der Waals surface area contributed by atoms with Crippen LogP contribution in [-0.4, -0.2) is 86.9 Å². The fourth-order valence-corrected chi connectivity index (χ4v) is 7.43. The number of benzene rings is 2. The largest absolute Gasteiger partial charge is 0.490 e. The number of thiophene rings is 1. The van der Waals surface area contributed by atoms with Crippen LogP contribution in [0.15, 0.2) is 64.2 Å². The lowest BCUT2D eigenvalue weighted by molar-refractivity contribution is -0.137. The number of carbonyl (C=O) groups is 2. The minimum absolute atomic E-state index is 0.0912. The molecule has 0 aliphatic carbocycles. The molecule has 274 valence electrons. The zero-order valence-electron chi connectivity index (χ0n) is 28.3. The molecule has 3 N–H and O–H groups in total. The van der Waals surface area contributed by atoms with Crippen molar-refractivity contribution in [2.45, 2.75) is 68.7 Å². The lowest BCUT2D eigenvalue weighted by Gasteiger charge is -2.35. The highest BCUT2D eigenvalue weighted by Crippen LogP contribution is 2.31. The van der Waals surface area contributed by atoms with E-state index in [0.717, 1.165) is 29.9 Å². The lowest BCUT2D eigenvalue weighted by atomic mass is 10.0. The second-order valence-corrected chi connectivity index (χ2v) is 15.3. The number of sulfonamides is 1. The Labute approximate surface area is 294 Å². The number of fused-ring (bicyclic) bond motifs is 1. The van der Waals surface area contributed by atoms with Gasteiger partial charge >= 0.3 is 12.2 Å². The quantitative estimate of drug-likeness (QED) is 0.239. The predicted molar refractivity (Wildman–Crippen MR) is 185 cm³/mol. The Balaban J connectivity index is 1.58. The molecule has 4 atom stereocenters. The number of halogens is 3. The number of carbonyl (C=O) groups excluding carboxylic acids is 2. The van der Waals surface area contributed by atoms with Crippen LogP contribution in [0.2, 0.25) is 0 Å². The van der Waals surface area contributed by atoms with E-state index in [9.17, 15) is 36.3 Å². The molecule has 1 aliphatic rings. The molecule has 0 fully saturated rings. The van der Waals surface area contributed by atoms with Crippen LogP contribution in [0.25, 0.3) is 0 Å². The van der Waals surface area contributed by atoms with Crippen LogP contribution in [0.4, 0.5) is 29.3 Å². The van der Waals surface area contributed by atoms with E-state index in [0.29, 0.717) is 19.4 Å². The zero-order chi connectivity index (χ0) is 36.6. The number of hydrogen-bond donors (Lipinski definition) is 3. The summed E-state index contributed by atoms with van der Waals surface area (Å²) in [5.41, 5.74) is -0.371. The number of anilines is 2. The van der Waals surface area contributed by atoms with Gasteiger partial charge in [0, 0.05) is 44.0 Å². The van der Waals surface area contributed by atoms with Gasteiger partial charge in [0.15, 0.2) is 0 Å². The maximum Gasteiger partial charge on any atom is 0.416 e. The second kappa shape index (κ2) is 16.9. The zero-order valence-corrected chi connectivity index (χ0v) is 29.9. The maximum atomic E-state index is 14.3. The number of ether oxygens (including phenoxy) is 2. The highest BCUT2D eigenvalue weighted by atomic mass is 32.2. The number of urea groups is 1. The highest BCUT2D eigenvalue weighted by Gasteiger charge is 2.32. The molecule has 16 heteroatoms. The normalized spacial score (nSPS) is 20.2. The van der Waals surface area contributed by atoms with Crippen molar-refractivity contribution in [1.82, 2.24) is 9.80 Å². The van der Waals surface area contributed by atoms with Crippen LogP contribution in [0, 0.1) is 5.92 Å². The molecule has 0 saturated carbocycles. The molecule has 1 aromatic heterocycles. The first-order chi connectivity index (χ1) is 23.6. The van der Waals surface area contributed by atoms with Gasteiger partial charge in [0.1, 0.15) is 9.96 Å². The van der Waals surface area contributed by atoms with Crippen molar-refractivity contribution < 1.29 is 45.8 Å². The van der Waals surface area contributed by atoms with E-state index in [-0.39, 0.29) is 58.6 Å². The van der Waals surface area contributed by atoms with Crippen molar-refractivity contribution in [2.75, 3.05) is 43.4 Å². The number of rotatable bonds is 8. The van der Waals surface area contributed by atoms with Crippen LogP contribution in [0.3, 0.4) is 0 Å². The first-order valence-electron chi connectivity index (χ1n) is 16.2. The van der Waals surface area contributed by atoms with Gasteiger partial charge in [-0.25, -0.2) is 13.2 Å². The number of hydrogen-bond acceptors (Lipinski definition) is 8. The van der Waals surface area contributed by atoms with Gasteiger partial charge in [-0.05, 0) is 87.0 Å². The maximum absolute atomic E-state index is 14.3. The summed E-state index contributed by atoms with van der Waals surface area (Å²) in [6, 6.07) is 10.5. The lowest BCUT2D eigenvalue weighted by Crippen LogP contribution is -2.48. The van der Waals surface area contributed by atoms with Gasteiger partial charge < -0.3 is 29.7 Å². The van der Waals surface area contributed by atoms with E-state index in [2.05, 4.69) is 10.0 Å². The van der Waals surface area contributed by atoms with Crippen LogP contribution in [0.1, 0.15) is 56.0 Å². The van der Waals surface area contributed by atoms with Crippen LogP contribution in [-0.2, 0) is 20.9 Å². The van der Waals surface area contributed by atoms with Crippen molar-refractivity contribution in [3.63, 3.8) is 0 Å². The minimum Gasteiger partial charge on any atom is -0.490 e. The summed E-state index contributed by atoms with van der Waals surface area (Å²) < 4.78 is 80.0. The SMILES string of the molecule is C[C@H](CO)N1C[C@H](C)[C@@H](CN(C)C(=O)Nc2ccc(C(F)(F)F)cc2)OCCCC[C@H](C)Oc2ccc(NS(=O)(=O)c3cccs3)cc2C1=O. The number of aliphatic hydroxyl groups is 1. The topological polar surface area (TPSA) is 138 Å². The second-order valence-electron chi connectivity index (χ2n) is 12.4. The molecular weight excluding hydrogens is 698 g/mol. The molecule has 0 spiro atoms. The van der Waals surface area contributed by atoms with Gasteiger partial charge in [-0.15, -0.1) is 11.3 Å². The number of amides is 3. The summed E-state index contributed by atoms with van der Waals surface area (Å²) in [4.78, 5) is 30.2. The van der Waals surface area contributed by atoms with Gasteiger partial charge in [-0.2, -0.15) is 13.2 Å². The molecule has 2 aromatic carbocycles. The summed E-state index contributed by atoms with van der Waals surface area (Å²) in [5, 5.41) is 14.4. The van der Waals surface area contributed by atoms with Crippen LogP contribution in [0.5, 0.6) is 5.75 Å². The van der Waals surface area contributed by atoms with Crippen molar-refractivity contribution in [3.8, 4) is 5.75 Å². The monoisotopic (exact) mass is 740 g/mol. The van der Waals surface area contributed by atoms with Gasteiger partial charge in [0.25, 0.3) is 15.9 Å². The van der Waals surface area contributed by atoms with Crippen molar-refractivity contribution >= 4 is 44.7 Å². The highest BCUT2D eigenvalue weighted by molar-refractivity contribution is 7.94. The molecule has 0 bridgehead atoms. The summed E-state index contributed by atoms with van der Waals surface area (Å²) in [7, 11) is -2.37. The Bertz CT molecular complexity index is 1690. The number of likely N-dealkylation sites (N-methyl/N-ethyl adjacent to an activating group) is 1. The standard InChI is InChI=1S/C34H43F3N4O7S2/c1-22-19-41(23(2)21-42)32(43)28-18-27(39-50(45,46)31-9-7-17-49-31)14-15-29(28)48-24(3)8-5-6-16-47-30(22)20-40(4)33(44)38-26-12-10-25(11-13-26)34(35,36)37/h7,9-15,17-18,22-24,30,39,42H,5-6,8,16,19-21H2,1-4H3,(H,38,44)/t22-,23+,24-,30+/m0/s1. The molecule has 0 unspecified atom stereocenters. The summed E-state index contributed by atoms with van der Waals surface area (Å²) in [5.74, 6) is -0.600. The number of nitrogens with one attached hydrogen (secondary N) is 2. The van der Waals surface area contributed by atoms with E-state index in [1.54, 1.807) is 24.4 Å². The van der Waals surface area contributed by atoms with Crippen LogP contribution < -0.4 is 14.8 Å². The van der Waals surface area contributed by atoms with E-state index in [4.69, 9.17) is 9.47 Å². The molecule has 0 radical (unpaired) electrons. The molecule has 1 aliphatic heterocycles. The van der Waals surface area contributed by atoms with Gasteiger partial charge in [0.05, 0.1) is 36.0 Å². The first kappa shape index (κ1) is 38.9. The van der Waals surface area contributed by atoms with E-state index in [1.807, 2.05) is 13.8 Å². The van der Waals surface area contributed by atoms with E-state index >= 15 is 0 Å². The summed E-state index contributed by atoms with van der Waals surface area (Å²) >= 11 is 1.06. The molecule has 4 rings (SSSR count). The minimum atomic E-state index is -4.50. The Kier molecular flexibility index (Phi) is 13.2. The van der Waals surface area contributed by atoms with E-state index < -0.39 is 45.8 Å². The Hall–Kier alpha value is -3.86. The third kappa shape index (κ3) is 10.3. The Morgan fingerprint density at radius 1 is 1.12 bits per heavy atom. The Morgan fingerprint density at radius 3 is 2.46 bits per heavy atom. The molecule has 50 heavy (non-hydrogen) atoms. The van der Waals surface area contributed by atoms with Crippen molar-refractivity contribution in [1.29, 1.82) is 0 Å². The molecule has 3 aromatic rings. The number of aliphatic hydroxyl groups excluding tert-OH is 1. The fourth-order valence-electron chi connectivity index (χ4n) is 5.38. The molecular formula is C34H43F3N4O7S2. The van der Waals surface area contributed by atoms with E-state index in [1.165, 1.54) is 47.2 Å². The fraction of sp³-hybridized carbons (Fsp3) is 0.471. The average Bonchev–Trinajstić information content (AvgIpc) is 3.62. The van der Waals surface area contributed by atoms with Gasteiger partial charge in [-0.3, -0.25) is 9.52 Å². The molecule has 11 nitrogen and oxygen atoms in total. The first-order valence-corrected chi connectivity index (χ1v) is 18.5. The average molecular weight is 741 g/mol. The number of nitrogens with zero attached hydrogens (tertiary/aromatic N) is 2. The third-order valence-electron chi connectivity index (χ3n) is 8.33. The van der Waals surface area contributed by atoms with Crippen LogP contribution >= 0.6 is 11.3 Å².